The Balaban J connectivity index is 2.54. The van der Waals surface area contributed by atoms with Crippen LogP contribution in [-0.2, 0) is 8.85 Å². The van der Waals surface area contributed by atoms with Gasteiger partial charge in [-0.25, -0.2) is 0 Å². The lowest BCUT2D eigenvalue weighted by Gasteiger charge is -2.37. The maximum Gasteiger partial charge on any atom is 0.324 e. The molecule has 0 aliphatic heterocycles. The van der Waals surface area contributed by atoms with E-state index < -0.39 is 9.28 Å². The lowest BCUT2D eigenvalue weighted by Crippen LogP contribution is -2.36. The predicted octanol–water partition coefficient (Wildman–Crippen LogP) is 3.50. The fraction of sp³-hybridized carbons (Fsp3) is 1.00. The SMILES string of the molecule is CCO[SiH](OCC)C(CC(C)C)C1CCC1. The average Bonchev–Trinajstić information content (AvgIpc) is 2.13. The highest BCUT2D eigenvalue weighted by Crippen LogP contribution is 2.42. The lowest BCUT2D eigenvalue weighted by atomic mass is 9.80. The molecule has 0 aromatic carbocycles. The van der Waals surface area contributed by atoms with Gasteiger partial charge >= 0.3 is 9.28 Å². The molecule has 1 saturated carbocycles. The maximum atomic E-state index is 5.92. The van der Waals surface area contributed by atoms with Gasteiger partial charge in [0.05, 0.1) is 0 Å². The van der Waals surface area contributed by atoms with Gasteiger partial charge < -0.3 is 8.85 Å². The van der Waals surface area contributed by atoms with Crippen molar-refractivity contribution in [1.82, 2.24) is 0 Å². The van der Waals surface area contributed by atoms with Crippen molar-refractivity contribution in [1.29, 1.82) is 0 Å². The molecule has 96 valence electrons. The Morgan fingerprint density at radius 2 is 1.69 bits per heavy atom. The Morgan fingerprint density at radius 1 is 1.12 bits per heavy atom. The van der Waals surface area contributed by atoms with Crippen LogP contribution in [0.2, 0.25) is 5.54 Å². The van der Waals surface area contributed by atoms with Crippen LogP contribution in [0.15, 0.2) is 0 Å². The van der Waals surface area contributed by atoms with Crippen molar-refractivity contribution in [2.75, 3.05) is 13.2 Å². The summed E-state index contributed by atoms with van der Waals surface area (Å²) < 4.78 is 11.8. The highest BCUT2D eigenvalue weighted by molar-refractivity contribution is 6.46. The lowest BCUT2D eigenvalue weighted by molar-refractivity contribution is 0.166. The third kappa shape index (κ3) is 4.19. The molecule has 0 amide bonds. The molecule has 1 aliphatic rings. The minimum Gasteiger partial charge on any atom is -0.397 e. The van der Waals surface area contributed by atoms with Crippen LogP contribution in [0.1, 0.15) is 53.4 Å². The Labute approximate surface area is 103 Å². The molecule has 1 rings (SSSR count). The zero-order valence-corrected chi connectivity index (χ0v) is 12.5. The fourth-order valence-corrected chi connectivity index (χ4v) is 5.41. The molecule has 1 fully saturated rings. The van der Waals surface area contributed by atoms with Gasteiger partial charge in [0.15, 0.2) is 0 Å². The highest BCUT2D eigenvalue weighted by Gasteiger charge is 2.36. The molecule has 3 heteroatoms. The summed E-state index contributed by atoms with van der Waals surface area (Å²) in [4.78, 5) is 0. The summed E-state index contributed by atoms with van der Waals surface area (Å²) in [5, 5.41) is 0. The molecule has 2 nitrogen and oxygen atoms in total. The molecule has 0 spiro atoms. The van der Waals surface area contributed by atoms with Gasteiger partial charge in [-0.05, 0) is 32.1 Å². The second-order valence-corrected chi connectivity index (χ2v) is 7.52. The summed E-state index contributed by atoms with van der Waals surface area (Å²) in [6.07, 6.45) is 5.52. The number of hydrogen-bond donors (Lipinski definition) is 0. The summed E-state index contributed by atoms with van der Waals surface area (Å²) in [6.45, 7) is 10.4. The molecule has 1 aliphatic carbocycles. The van der Waals surface area contributed by atoms with E-state index in [0.29, 0.717) is 0 Å². The molecule has 0 bridgehead atoms. The van der Waals surface area contributed by atoms with E-state index in [9.17, 15) is 0 Å². The third-order valence-corrected chi connectivity index (χ3v) is 6.35. The van der Waals surface area contributed by atoms with E-state index >= 15 is 0 Å². The molecule has 0 heterocycles. The van der Waals surface area contributed by atoms with E-state index in [2.05, 4.69) is 27.7 Å². The van der Waals surface area contributed by atoms with Crippen molar-refractivity contribution >= 4 is 9.28 Å². The van der Waals surface area contributed by atoms with Crippen LogP contribution in [-0.4, -0.2) is 22.5 Å². The van der Waals surface area contributed by atoms with Crippen LogP contribution < -0.4 is 0 Å². The molecule has 0 aromatic rings. The number of rotatable bonds is 8. The zero-order valence-electron chi connectivity index (χ0n) is 11.4. The molecular formula is C13H28O2Si. The van der Waals surface area contributed by atoms with Gasteiger partial charge in [0, 0.05) is 18.8 Å². The quantitative estimate of drug-likeness (QED) is 0.609. The minimum atomic E-state index is -1.43. The second-order valence-electron chi connectivity index (χ2n) is 5.26. The standard InChI is InChI=1S/C13H28O2Si/c1-5-14-16(15-6-2)13(10-11(3)4)12-8-7-9-12/h11-13,16H,5-10H2,1-4H3. The molecular weight excluding hydrogens is 216 g/mol. The van der Waals surface area contributed by atoms with Gasteiger partial charge in [-0.2, -0.15) is 0 Å². The van der Waals surface area contributed by atoms with Crippen LogP contribution in [0.25, 0.3) is 0 Å². The Hall–Kier alpha value is 0.137. The zero-order chi connectivity index (χ0) is 12.0. The monoisotopic (exact) mass is 244 g/mol. The summed E-state index contributed by atoms with van der Waals surface area (Å²) >= 11 is 0. The van der Waals surface area contributed by atoms with Crippen molar-refractivity contribution in [3.63, 3.8) is 0 Å². The topological polar surface area (TPSA) is 18.5 Å². The normalized spacial score (nSPS) is 19.1. The Bertz CT molecular complexity index is 175. The maximum absolute atomic E-state index is 5.92. The average molecular weight is 244 g/mol. The first kappa shape index (κ1) is 14.2. The van der Waals surface area contributed by atoms with Crippen LogP contribution in [0.3, 0.4) is 0 Å². The fourth-order valence-electron chi connectivity index (χ4n) is 2.56. The predicted molar refractivity (Wildman–Crippen MR) is 70.9 cm³/mol. The van der Waals surface area contributed by atoms with Gasteiger partial charge in [0.1, 0.15) is 0 Å². The van der Waals surface area contributed by atoms with Gasteiger partial charge in [0.25, 0.3) is 0 Å². The van der Waals surface area contributed by atoms with Crippen molar-refractivity contribution in [2.45, 2.75) is 58.9 Å². The highest BCUT2D eigenvalue weighted by atomic mass is 28.3. The first-order valence-corrected chi connectivity index (χ1v) is 8.53. The van der Waals surface area contributed by atoms with Gasteiger partial charge in [-0.15, -0.1) is 0 Å². The third-order valence-electron chi connectivity index (χ3n) is 3.51. The van der Waals surface area contributed by atoms with E-state index in [-0.39, 0.29) is 0 Å². The summed E-state index contributed by atoms with van der Waals surface area (Å²) in [7, 11) is -1.43. The minimum absolute atomic E-state index is 0.744. The van der Waals surface area contributed by atoms with Crippen LogP contribution in [0, 0.1) is 11.8 Å². The van der Waals surface area contributed by atoms with Gasteiger partial charge in [-0.3, -0.25) is 0 Å². The molecule has 1 atom stereocenters. The second kappa shape index (κ2) is 7.46. The Kier molecular flexibility index (Phi) is 6.62. The largest absolute Gasteiger partial charge is 0.397 e. The summed E-state index contributed by atoms with van der Waals surface area (Å²) in [5.74, 6) is 1.67. The molecule has 0 N–H and O–H groups in total. The first-order chi connectivity index (χ1) is 7.69. The van der Waals surface area contributed by atoms with Crippen molar-refractivity contribution in [3.05, 3.63) is 0 Å². The van der Waals surface area contributed by atoms with Gasteiger partial charge in [-0.1, -0.05) is 33.1 Å². The smallest absolute Gasteiger partial charge is 0.324 e. The molecule has 0 saturated heterocycles. The van der Waals surface area contributed by atoms with E-state index in [1.807, 2.05) is 0 Å². The van der Waals surface area contributed by atoms with Crippen molar-refractivity contribution in [3.8, 4) is 0 Å². The molecule has 0 aromatic heterocycles. The molecule has 1 unspecified atom stereocenters. The van der Waals surface area contributed by atoms with Crippen LogP contribution in [0.5, 0.6) is 0 Å². The van der Waals surface area contributed by atoms with E-state index in [4.69, 9.17) is 8.85 Å². The summed E-state index contributed by atoms with van der Waals surface area (Å²) in [6, 6.07) is 0. The van der Waals surface area contributed by atoms with Crippen molar-refractivity contribution < 1.29 is 8.85 Å². The van der Waals surface area contributed by atoms with Crippen LogP contribution in [0.4, 0.5) is 0 Å². The molecule has 16 heavy (non-hydrogen) atoms. The van der Waals surface area contributed by atoms with Crippen molar-refractivity contribution in [2.24, 2.45) is 11.8 Å². The van der Waals surface area contributed by atoms with E-state index in [1.165, 1.54) is 25.7 Å². The van der Waals surface area contributed by atoms with E-state index in [0.717, 1.165) is 30.6 Å². The van der Waals surface area contributed by atoms with Crippen LogP contribution >= 0.6 is 0 Å². The molecule has 0 radical (unpaired) electrons. The first-order valence-electron chi connectivity index (χ1n) is 6.92. The Morgan fingerprint density at radius 3 is 2.00 bits per heavy atom. The van der Waals surface area contributed by atoms with Gasteiger partial charge in [0.2, 0.25) is 0 Å². The van der Waals surface area contributed by atoms with E-state index in [1.54, 1.807) is 0 Å². The number of hydrogen-bond acceptors (Lipinski definition) is 2. The summed E-state index contributed by atoms with van der Waals surface area (Å²) in [5.41, 5.74) is 0.744.